The Balaban J connectivity index is 1.86. The van der Waals surface area contributed by atoms with Crippen LogP contribution in [-0.2, 0) is 20.3 Å². The van der Waals surface area contributed by atoms with Crippen molar-refractivity contribution in [2.45, 2.75) is 24.3 Å². The van der Waals surface area contributed by atoms with Gasteiger partial charge in [0, 0.05) is 41.9 Å². The molecule has 2 unspecified atom stereocenters. The molecule has 0 bridgehead atoms. The van der Waals surface area contributed by atoms with Gasteiger partial charge in [0.1, 0.15) is 5.54 Å². The highest BCUT2D eigenvalue weighted by Crippen LogP contribution is 2.51. The first-order chi connectivity index (χ1) is 13.3. The summed E-state index contributed by atoms with van der Waals surface area (Å²) in [6.07, 6.45) is 3.78. The Morgan fingerprint density at radius 2 is 2.21 bits per heavy atom. The second-order valence-electron chi connectivity index (χ2n) is 6.48. The normalized spacial score (nSPS) is 25.6. The smallest absolute Gasteiger partial charge is 0.267 e. The highest BCUT2D eigenvalue weighted by molar-refractivity contribution is 7.90. The lowest BCUT2D eigenvalue weighted by atomic mass is 9.97. The van der Waals surface area contributed by atoms with Crippen LogP contribution in [0, 0.1) is 11.8 Å². The number of thiophene rings is 1. The number of aliphatic imine (C=N–C) groups is 1. The van der Waals surface area contributed by atoms with Crippen LogP contribution in [-0.4, -0.2) is 42.8 Å². The van der Waals surface area contributed by atoms with Crippen molar-refractivity contribution < 1.29 is 13.2 Å². The number of nitrogens with zero attached hydrogens (tertiary/aromatic N) is 3. The number of fused-ring (bicyclic) bond motifs is 1. The van der Waals surface area contributed by atoms with Crippen LogP contribution in [0.1, 0.15) is 23.8 Å². The Morgan fingerprint density at radius 3 is 2.96 bits per heavy atom. The van der Waals surface area contributed by atoms with Gasteiger partial charge in [0.15, 0.2) is 0 Å². The molecule has 10 heteroatoms. The highest BCUT2D eigenvalue weighted by Gasteiger charge is 2.58. The summed E-state index contributed by atoms with van der Waals surface area (Å²) in [6, 6.07) is 3.71. The summed E-state index contributed by atoms with van der Waals surface area (Å²) in [7, 11) is -2.44. The summed E-state index contributed by atoms with van der Waals surface area (Å²) in [5.74, 6) is 5.75. The van der Waals surface area contributed by atoms with E-state index in [1.54, 1.807) is 25.4 Å². The molecular formula is C18H17ClN4O3S2. The molecule has 0 aliphatic carbocycles. The van der Waals surface area contributed by atoms with Crippen molar-refractivity contribution in [3.63, 3.8) is 0 Å². The van der Waals surface area contributed by atoms with Crippen LogP contribution in [0.4, 0.5) is 0 Å². The van der Waals surface area contributed by atoms with E-state index in [0.717, 1.165) is 20.3 Å². The molecule has 2 atom stereocenters. The predicted molar refractivity (Wildman–Crippen MR) is 109 cm³/mol. The number of pyridine rings is 1. The maximum atomic E-state index is 12.9. The van der Waals surface area contributed by atoms with Gasteiger partial charge in [-0.3, -0.25) is 4.98 Å². The van der Waals surface area contributed by atoms with Crippen LogP contribution in [0.25, 0.3) is 10.4 Å². The molecule has 1 fully saturated rings. The molecule has 0 amide bonds. The zero-order valence-electron chi connectivity index (χ0n) is 15.1. The Bertz CT molecular complexity index is 1150. The molecule has 4 rings (SSSR count). The zero-order chi connectivity index (χ0) is 20.1. The van der Waals surface area contributed by atoms with Crippen molar-refractivity contribution in [2.24, 2.45) is 10.7 Å². The van der Waals surface area contributed by atoms with Gasteiger partial charge in [0.05, 0.1) is 16.5 Å². The third kappa shape index (κ3) is 2.79. The summed E-state index contributed by atoms with van der Waals surface area (Å²) in [5.41, 5.74) is 5.26. The predicted octanol–water partition coefficient (Wildman–Crippen LogP) is 2.37. The SMILES string of the molecule is CC#Cc1cncc(-c2cc(Cl)c(C34CCOC3S(=O)(=O)N(C)C(N)=N4)s2)c1. The molecule has 2 aliphatic heterocycles. The first kappa shape index (κ1) is 19.2. The van der Waals surface area contributed by atoms with Gasteiger partial charge in [-0.2, -0.15) is 0 Å². The molecule has 1 saturated heterocycles. The molecular weight excluding hydrogens is 420 g/mol. The largest absolute Gasteiger partial charge is 0.369 e. The van der Waals surface area contributed by atoms with Gasteiger partial charge in [-0.1, -0.05) is 17.5 Å². The first-order valence-corrected chi connectivity index (χ1v) is 11.1. The minimum Gasteiger partial charge on any atom is -0.369 e. The minimum absolute atomic E-state index is 0.0744. The number of hydrogen-bond donors (Lipinski definition) is 1. The maximum absolute atomic E-state index is 12.9. The number of hydrogen-bond acceptors (Lipinski definition) is 7. The van der Waals surface area contributed by atoms with E-state index in [9.17, 15) is 8.42 Å². The molecule has 2 aromatic rings. The second kappa shape index (κ2) is 6.74. The van der Waals surface area contributed by atoms with E-state index in [4.69, 9.17) is 22.1 Å². The maximum Gasteiger partial charge on any atom is 0.267 e. The standard InChI is InChI=1S/C18H17ClN4O3S2/c1-3-4-11-7-12(10-21-9-11)14-8-13(19)15(27-14)18-5-6-26-16(18)28(24,25)23(2)17(20)22-18/h7-10,16H,5-6H2,1-2H3,(H2,20,22). The Kier molecular flexibility index (Phi) is 4.62. The molecule has 0 spiro atoms. The number of aromatic nitrogens is 1. The number of ether oxygens (including phenoxy) is 1. The molecule has 0 aromatic carbocycles. The lowest BCUT2D eigenvalue weighted by Gasteiger charge is -2.37. The summed E-state index contributed by atoms with van der Waals surface area (Å²) in [4.78, 5) is 10.2. The Morgan fingerprint density at radius 1 is 1.43 bits per heavy atom. The molecule has 7 nitrogen and oxygen atoms in total. The third-order valence-electron chi connectivity index (χ3n) is 4.80. The van der Waals surface area contributed by atoms with E-state index >= 15 is 0 Å². The number of halogens is 1. The third-order valence-corrected chi connectivity index (χ3v) is 8.58. The van der Waals surface area contributed by atoms with Crippen LogP contribution in [0.2, 0.25) is 5.02 Å². The number of nitrogens with two attached hydrogens (primary N) is 1. The Labute approximate surface area is 172 Å². The molecule has 2 N–H and O–H groups in total. The minimum atomic E-state index is -3.81. The van der Waals surface area contributed by atoms with Gasteiger partial charge < -0.3 is 10.5 Å². The fraction of sp³-hybridized carbons (Fsp3) is 0.333. The van der Waals surface area contributed by atoms with Crippen molar-refractivity contribution in [3.8, 4) is 22.3 Å². The van der Waals surface area contributed by atoms with Crippen molar-refractivity contribution in [3.05, 3.63) is 40.0 Å². The van der Waals surface area contributed by atoms with Crippen molar-refractivity contribution in [1.82, 2.24) is 9.29 Å². The summed E-state index contributed by atoms with van der Waals surface area (Å²) in [6.45, 7) is 2.01. The summed E-state index contributed by atoms with van der Waals surface area (Å²) in [5, 5.41) is 0.429. The summed E-state index contributed by atoms with van der Waals surface area (Å²) >= 11 is 7.93. The van der Waals surface area contributed by atoms with Gasteiger partial charge in [-0.15, -0.1) is 17.3 Å². The van der Waals surface area contributed by atoms with Crippen molar-refractivity contribution in [2.75, 3.05) is 13.7 Å². The molecule has 2 aromatic heterocycles. The number of sulfonamides is 1. The van der Waals surface area contributed by atoms with Gasteiger partial charge in [0.2, 0.25) is 11.4 Å². The average Bonchev–Trinajstić information content (AvgIpc) is 3.26. The van der Waals surface area contributed by atoms with Gasteiger partial charge in [-0.05, 0) is 19.1 Å². The van der Waals surface area contributed by atoms with Crippen LogP contribution < -0.4 is 5.73 Å². The second-order valence-corrected chi connectivity index (χ2v) is 9.95. The monoisotopic (exact) mass is 436 g/mol. The molecule has 4 heterocycles. The van der Waals surface area contributed by atoms with Gasteiger partial charge >= 0.3 is 0 Å². The fourth-order valence-corrected chi connectivity index (χ4v) is 6.81. The lowest BCUT2D eigenvalue weighted by Crippen LogP contribution is -2.55. The van der Waals surface area contributed by atoms with Crippen LogP contribution in [0.15, 0.2) is 29.5 Å². The Hall–Kier alpha value is -2.12. The summed E-state index contributed by atoms with van der Waals surface area (Å²) < 4.78 is 32.3. The molecule has 0 saturated carbocycles. The lowest BCUT2D eigenvalue weighted by molar-refractivity contribution is 0.135. The van der Waals surface area contributed by atoms with E-state index in [2.05, 4.69) is 21.8 Å². The number of rotatable bonds is 2. The zero-order valence-corrected chi connectivity index (χ0v) is 17.5. The quantitative estimate of drug-likeness (QED) is 0.729. The fourth-order valence-electron chi connectivity index (χ4n) is 3.43. The molecule has 2 aliphatic rings. The van der Waals surface area contributed by atoms with Crippen LogP contribution in [0.5, 0.6) is 0 Å². The van der Waals surface area contributed by atoms with E-state index in [-0.39, 0.29) is 12.6 Å². The molecule has 28 heavy (non-hydrogen) atoms. The van der Waals surface area contributed by atoms with E-state index in [1.807, 2.05) is 6.07 Å². The van der Waals surface area contributed by atoms with Gasteiger partial charge in [-0.25, -0.2) is 17.7 Å². The molecule has 0 radical (unpaired) electrons. The topological polar surface area (TPSA) is 97.9 Å². The van der Waals surface area contributed by atoms with E-state index < -0.39 is 21.0 Å². The van der Waals surface area contributed by atoms with E-state index in [1.165, 1.54) is 18.4 Å². The molecule has 146 valence electrons. The van der Waals surface area contributed by atoms with E-state index in [0.29, 0.717) is 16.3 Å². The van der Waals surface area contributed by atoms with Crippen molar-refractivity contribution in [1.29, 1.82) is 0 Å². The van der Waals surface area contributed by atoms with Crippen molar-refractivity contribution >= 4 is 38.9 Å². The average molecular weight is 437 g/mol. The number of guanidine groups is 1. The van der Waals surface area contributed by atoms with Crippen LogP contribution in [0.3, 0.4) is 0 Å². The first-order valence-electron chi connectivity index (χ1n) is 8.42. The van der Waals surface area contributed by atoms with Crippen LogP contribution >= 0.6 is 22.9 Å². The van der Waals surface area contributed by atoms with Gasteiger partial charge in [0.25, 0.3) is 10.0 Å². The highest BCUT2D eigenvalue weighted by atomic mass is 35.5.